The maximum absolute atomic E-state index is 4.79. The molecule has 1 nitrogen and oxygen atoms in total. The Labute approximate surface area is 113 Å². The zero-order valence-corrected chi connectivity index (χ0v) is 11.3. The van der Waals surface area contributed by atoms with Gasteiger partial charge in [-0.2, -0.15) is 0 Å². The topological polar surface area (TPSA) is 14.1 Å². The number of rotatable bonds is 2. The summed E-state index contributed by atoms with van der Waals surface area (Å²) in [5.41, 5.74) is 4.13. The van der Waals surface area contributed by atoms with Gasteiger partial charge in [0.05, 0.1) is 6.04 Å². The molecule has 1 aliphatic heterocycles. The van der Waals surface area contributed by atoms with E-state index in [4.69, 9.17) is 5.32 Å². The summed E-state index contributed by atoms with van der Waals surface area (Å²) in [5.74, 6) is 0. The molecule has 1 atom stereocenters. The second-order valence-corrected chi connectivity index (χ2v) is 5.41. The highest BCUT2D eigenvalue weighted by Gasteiger charge is 2.21. The molecule has 1 radical (unpaired) electrons. The van der Waals surface area contributed by atoms with Crippen molar-refractivity contribution in [3.63, 3.8) is 0 Å². The lowest BCUT2D eigenvalue weighted by molar-refractivity contribution is 0.555. The quantitative estimate of drug-likeness (QED) is 0.746. The molecule has 2 heteroatoms. The van der Waals surface area contributed by atoms with Gasteiger partial charge >= 0.3 is 0 Å². The van der Waals surface area contributed by atoms with Crippen molar-refractivity contribution < 1.29 is 0 Å². The first-order chi connectivity index (χ1) is 8.88. The maximum Gasteiger partial charge on any atom is 0.0748 e. The number of thioether (sulfide) groups is 1. The molecule has 2 aromatic rings. The van der Waals surface area contributed by atoms with Crippen molar-refractivity contribution in [1.29, 1.82) is 0 Å². The molecule has 18 heavy (non-hydrogen) atoms. The average Bonchev–Trinajstić information content (AvgIpc) is 2.47. The second-order valence-electron chi connectivity index (χ2n) is 4.53. The molecule has 0 saturated carbocycles. The molecule has 0 aromatic heterocycles. The van der Waals surface area contributed by atoms with E-state index in [2.05, 4.69) is 54.8 Å². The van der Waals surface area contributed by atoms with E-state index in [9.17, 15) is 0 Å². The van der Waals surface area contributed by atoms with Crippen molar-refractivity contribution in [2.24, 2.45) is 0 Å². The molecule has 0 aliphatic carbocycles. The predicted octanol–water partition coefficient (Wildman–Crippen LogP) is 3.66. The highest BCUT2D eigenvalue weighted by Crippen LogP contribution is 2.30. The Morgan fingerprint density at radius 3 is 2.61 bits per heavy atom. The molecule has 1 aliphatic rings. The minimum Gasteiger partial charge on any atom is -0.229 e. The van der Waals surface area contributed by atoms with Crippen molar-refractivity contribution in [2.45, 2.75) is 17.4 Å². The van der Waals surface area contributed by atoms with Crippen molar-refractivity contribution in [3.8, 4) is 0 Å². The van der Waals surface area contributed by atoms with Crippen LogP contribution in [0.5, 0.6) is 0 Å². The zero-order valence-electron chi connectivity index (χ0n) is 10.5. The summed E-state index contributed by atoms with van der Waals surface area (Å²) in [7, 11) is 0. The van der Waals surface area contributed by atoms with Crippen LogP contribution in [0.4, 0.5) is 0 Å². The normalized spacial score (nSPS) is 18.4. The van der Waals surface area contributed by atoms with Gasteiger partial charge in [-0.25, -0.2) is 5.32 Å². The number of nitrogens with zero attached hydrogens (tertiary/aromatic N) is 1. The molecular formula is C16H16NS. The Morgan fingerprint density at radius 2 is 1.83 bits per heavy atom. The molecule has 91 valence electrons. The molecule has 0 amide bonds. The van der Waals surface area contributed by atoms with E-state index in [1.165, 1.54) is 21.6 Å². The summed E-state index contributed by atoms with van der Waals surface area (Å²) < 4.78 is 0. The molecule has 0 saturated heterocycles. The van der Waals surface area contributed by atoms with E-state index >= 15 is 0 Å². The van der Waals surface area contributed by atoms with E-state index < -0.39 is 0 Å². The van der Waals surface area contributed by atoms with Gasteiger partial charge in [-0.05, 0) is 41.5 Å². The van der Waals surface area contributed by atoms with Gasteiger partial charge in [0.1, 0.15) is 0 Å². The van der Waals surface area contributed by atoms with Gasteiger partial charge in [0.2, 0.25) is 0 Å². The molecule has 0 spiro atoms. The standard InChI is InChI=1S/C16H16NS/c1-18-14-8-6-13(7-9-14)16-15-5-3-2-4-12(15)10-11-17-16/h2-9,16H,10-11H2,1H3. The van der Waals surface area contributed by atoms with Gasteiger partial charge in [0.15, 0.2) is 0 Å². The minimum atomic E-state index is 0.228. The lowest BCUT2D eigenvalue weighted by Crippen LogP contribution is -2.24. The third kappa shape index (κ3) is 2.18. The number of hydrogen-bond donors (Lipinski definition) is 0. The van der Waals surface area contributed by atoms with Gasteiger partial charge in [0, 0.05) is 11.4 Å². The zero-order chi connectivity index (χ0) is 12.4. The number of benzene rings is 2. The van der Waals surface area contributed by atoms with Crippen LogP contribution in [-0.4, -0.2) is 12.8 Å². The lowest BCUT2D eigenvalue weighted by Gasteiger charge is -2.25. The Hall–Kier alpha value is -1.25. The molecular weight excluding hydrogens is 238 g/mol. The minimum absolute atomic E-state index is 0.228. The van der Waals surface area contributed by atoms with E-state index in [-0.39, 0.29) is 6.04 Å². The molecule has 3 rings (SSSR count). The largest absolute Gasteiger partial charge is 0.229 e. The summed E-state index contributed by atoms with van der Waals surface area (Å²) in [5, 5.41) is 4.79. The fourth-order valence-corrected chi connectivity index (χ4v) is 2.92. The van der Waals surface area contributed by atoms with Gasteiger partial charge in [-0.15, -0.1) is 11.8 Å². The summed E-state index contributed by atoms with van der Waals surface area (Å²) in [6.45, 7) is 0.936. The third-order valence-corrected chi connectivity index (χ3v) is 4.22. The van der Waals surface area contributed by atoms with E-state index in [1.807, 2.05) is 0 Å². The van der Waals surface area contributed by atoms with Crippen LogP contribution >= 0.6 is 11.8 Å². The molecule has 1 unspecified atom stereocenters. The first-order valence-corrected chi connectivity index (χ1v) is 7.49. The van der Waals surface area contributed by atoms with Crippen LogP contribution in [0, 0.1) is 0 Å². The molecule has 0 bridgehead atoms. The molecule has 0 fully saturated rings. The van der Waals surface area contributed by atoms with Gasteiger partial charge < -0.3 is 0 Å². The van der Waals surface area contributed by atoms with Gasteiger partial charge in [-0.3, -0.25) is 0 Å². The van der Waals surface area contributed by atoms with Crippen LogP contribution in [0.1, 0.15) is 22.7 Å². The highest BCUT2D eigenvalue weighted by atomic mass is 32.2. The Bertz CT molecular complexity index is 533. The maximum atomic E-state index is 4.79. The van der Waals surface area contributed by atoms with Crippen molar-refractivity contribution in [2.75, 3.05) is 12.8 Å². The number of hydrogen-bond acceptors (Lipinski definition) is 1. The van der Waals surface area contributed by atoms with Crippen LogP contribution in [0.2, 0.25) is 0 Å². The van der Waals surface area contributed by atoms with Crippen molar-refractivity contribution in [1.82, 2.24) is 5.32 Å². The van der Waals surface area contributed by atoms with Gasteiger partial charge in [-0.1, -0.05) is 36.4 Å². The Balaban J connectivity index is 1.97. The van der Waals surface area contributed by atoms with Crippen LogP contribution < -0.4 is 5.32 Å². The smallest absolute Gasteiger partial charge is 0.0748 e. The first-order valence-electron chi connectivity index (χ1n) is 6.27. The van der Waals surface area contributed by atoms with Crippen LogP contribution in [0.25, 0.3) is 0 Å². The van der Waals surface area contributed by atoms with Crippen LogP contribution in [0.3, 0.4) is 0 Å². The summed E-state index contributed by atoms with van der Waals surface area (Å²) in [4.78, 5) is 1.31. The summed E-state index contributed by atoms with van der Waals surface area (Å²) >= 11 is 1.78. The Morgan fingerprint density at radius 1 is 1.06 bits per heavy atom. The van der Waals surface area contributed by atoms with E-state index in [0.29, 0.717) is 0 Å². The molecule has 0 N–H and O–H groups in total. The number of fused-ring (bicyclic) bond motifs is 1. The SMILES string of the molecule is CSc1ccc(C2[N]CCc3ccccc32)cc1. The van der Waals surface area contributed by atoms with E-state index in [1.54, 1.807) is 11.8 Å². The highest BCUT2D eigenvalue weighted by molar-refractivity contribution is 7.98. The van der Waals surface area contributed by atoms with Crippen molar-refractivity contribution in [3.05, 3.63) is 65.2 Å². The lowest BCUT2D eigenvalue weighted by atomic mass is 9.90. The fourth-order valence-electron chi connectivity index (χ4n) is 2.51. The predicted molar refractivity (Wildman–Crippen MR) is 77.2 cm³/mol. The molecule has 1 heterocycles. The molecule has 2 aromatic carbocycles. The third-order valence-electron chi connectivity index (χ3n) is 3.47. The van der Waals surface area contributed by atoms with Crippen LogP contribution in [-0.2, 0) is 6.42 Å². The monoisotopic (exact) mass is 254 g/mol. The van der Waals surface area contributed by atoms with Gasteiger partial charge in [0.25, 0.3) is 0 Å². The van der Waals surface area contributed by atoms with Crippen LogP contribution in [0.15, 0.2) is 53.4 Å². The second kappa shape index (κ2) is 5.17. The van der Waals surface area contributed by atoms with E-state index in [0.717, 1.165) is 13.0 Å². The Kier molecular flexibility index (Phi) is 3.39. The van der Waals surface area contributed by atoms with Crippen molar-refractivity contribution >= 4 is 11.8 Å². The fraction of sp³-hybridized carbons (Fsp3) is 0.250. The first kappa shape index (κ1) is 11.8. The summed E-state index contributed by atoms with van der Waals surface area (Å²) in [6.07, 6.45) is 3.19. The average molecular weight is 254 g/mol. The summed E-state index contributed by atoms with van der Waals surface area (Å²) in [6, 6.07) is 17.7.